The van der Waals surface area contributed by atoms with Crippen molar-refractivity contribution in [2.24, 2.45) is 23.7 Å². The van der Waals surface area contributed by atoms with Crippen molar-refractivity contribution in [3.05, 3.63) is 0 Å². The predicted octanol–water partition coefficient (Wildman–Crippen LogP) is 1.91. The Labute approximate surface area is 89.8 Å². The highest BCUT2D eigenvalue weighted by molar-refractivity contribution is 5.71. The van der Waals surface area contributed by atoms with Crippen LogP contribution in [0.25, 0.3) is 0 Å². The lowest BCUT2D eigenvalue weighted by Crippen LogP contribution is -2.25. The van der Waals surface area contributed by atoms with E-state index in [1.807, 2.05) is 0 Å². The first-order valence-electron chi connectivity index (χ1n) is 6.05. The molecule has 1 heterocycles. The van der Waals surface area contributed by atoms with E-state index in [4.69, 9.17) is 9.84 Å². The molecule has 0 aromatic rings. The lowest BCUT2D eigenvalue weighted by atomic mass is 9.95. The minimum atomic E-state index is -0.650. The molecule has 5 unspecified atom stereocenters. The third kappa shape index (κ3) is 1.67. The Balaban J connectivity index is 1.69. The number of carboxylic acids is 1. The highest BCUT2D eigenvalue weighted by Crippen LogP contribution is 2.51. The van der Waals surface area contributed by atoms with Crippen molar-refractivity contribution in [3.8, 4) is 0 Å². The fraction of sp³-hybridized carbons (Fsp3) is 0.917. The fourth-order valence-electron chi connectivity index (χ4n) is 2.99. The summed E-state index contributed by atoms with van der Waals surface area (Å²) in [5, 5.41) is 9.17. The van der Waals surface area contributed by atoms with Crippen LogP contribution < -0.4 is 0 Å². The Hall–Kier alpha value is -0.570. The fourth-order valence-corrected chi connectivity index (χ4v) is 2.99. The number of ether oxygens (including phenoxy) is 1. The molecule has 0 bridgehead atoms. The van der Waals surface area contributed by atoms with Crippen molar-refractivity contribution < 1.29 is 14.6 Å². The van der Waals surface area contributed by atoms with Crippen LogP contribution >= 0.6 is 0 Å². The molecule has 3 aliphatic rings. The molecular formula is C12H18O3. The van der Waals surface area contributed by atoms with Crippen LogP contribution in [0.4, 0.5) is 0 Å². The number of hydrogen-bond acceptors (Lipinski definition) is 2. The number of hydrogen-bond donors (Lipinski definition) is 1. The van der Waals surface area contributed by atoms with Crippen molar-refractivity contribution in [2.45, 2.75) is 44.8 Å². The first kappa shape index (κ1) is 9.64. The summed E-state index contributed by atoms with van der Waals surface area (Å²) in [7, 11) is 0. The average molecular weight is 210 g/mol. The number of carboxylic acid groups (broad SMARTS) is 1. The lowest BCUT2D eigenvalue weighted by molar-refractivity contribution is -0.144. The highest BCUT2D eigenvalue weighted by Gasteiger charge is 2.52. The second-order valence-electron chi connectivity index (χ2n) is 5.53. The van der Waals surface area contributed by atoms with Crippen molar-refractivity contribution in [1.29, 1.82) is 0 Å². The molecule has 0 amide bonds. The quantitative estimate of drug-likeness (QED) is 0.774. The largest absolute Gasteiger partial charge is 0.481 e. The van der Waals surface area contributed by atoms with Crippen molar-refractivity contribution in [1.82, 2.24) is 0 Å². The van der Waals surface area contributed by atoms with Crippen LogP contribution in [0.3, 0.4) is 0 Å². The smallest absolute Gasteiger partial charge is 0.309 e. The van der Waals surface area contributed by atoms with E-state index in [1.165, 1.54) is 19.3 Å². The summed E-state index contributed by atoms with van der Waals surface area (Å²) in [5.74, 6) is 1.07. The number of carbonyl (C=O) groups is 1. The van der Waals surface area contributed by atoms with E-state index in [1.54, 1.807) is 0 Å². The maximum atomic E-state index is 11.1. The zero-order valence-corrected chi connectivity index (χ0v) is 9.06. The summed E-state index contributed by atoms with van der Waals surface area (Å²) in [6.45, 7) is 2.23. The molecule has 15 heavy (non-hydrogen) atoms. The highest BCUT2D eigenvalue weighted by atomic mass is 16.5. The molecule has 0 aromatic heterocycles. The molecule has 3 fully saturated rings. The molecule has 84 valence electrons. The summed E-state index contributed by atoms with van der Waals surface area (Å²) in [5.41, 5.74) is 0. The van der Waals surface area contributed by atoms with Gasteiger partial charge in [0, 0.05) is 0 Å². The second kappa shape index (κ2) is 3.21. The molecule has 3 nitrogen and oxygen atoms in total. The first-order valence-corrected chi connectivity index (χ1v) is 6.05. The molecule has 2 aliphatic carbocycles. The normalized spacial score (nSPS) is 49.3. The molecular weight excluding hydrogens is 192 g/mol. The van der Waals surface area contributed by atoms with Gasteiger partial charge in [0.05, 0.1) is 18.1 Å². The van der Waals surface area contributed by atoms with Crippen molar-refractivity contribution in [3.63, 3.8) is 0 Å². The third-order valence-corrected chi connectivity index (χ3v) is 4.27. The molecule has 1 saturated heterocycles. The van der Waals surface area contributed by atoms with E-state index in [0.717, 1.165) is 12.3 Å². The van der Waals surface area contributed by atoms with E-state index in [9.17, 15) is 4.79 Å². The van der Waals surface area contributed by atoms with Crippen LogP contribution in [0.5, 0.6) is 0 Å². The minimum Gasteiger partial charge on any atom is -0.481 e. The van der Waals surface area contributed by atoms with E-state index in [0.29, 0.717) is 11.8 Å². The van der Waals surface area contributed by atoms with E-state index in [2.05, 4.69) is 6.92 Å². The Kier molecular flexibility index (Phi) is 2.06. The summed E-state index contributed by atoms with van der Waals surface area (Å²) in [6, 6.07) is 0. The molecule has 1 N–H and O–H groups in total. The van der Waals surface area contributed by atoms with E-state index < -0.39 is 5.97 Å². The van der Waals surface area contributed by atoms with Gasteiger partial charge >= 0.3 is 5.97 Å². The summed E-state index contributed by atoms with van der Waals surface area (Å²) >= 11 is 0. The van der Waals surface area contributed by atoms with Gasteiger partial charge in [-0.1, -0.05) is 6.92 Å². The van der Waals surface area contributed by atoms with Crippen LogP contribution in [-0.2, 0) is 9.53 Å². The van der Waals surface area contributed by atoms with Gasteiger partial charge in [0.25, 0.3) is 0 Å². The first-order chi connectivity index (χ1) is 7.16. The molecule has 5 atom stereocenters. The Morgan fingerprint density at radius 3 is 2.47 bits per heavy atom. The van der Waals surface area contributed by atoms with Crippen LogP contribution in [0, 0.1) is 23.7 Å². The van der Waals surface area contributed by atoms with Crippen LogP contribution in [-0.4, -0.2) is 23.3 Å². The van der Waals surface area contributed by atoms with Crippen LogP contribution in [0.1, 0.15) is 32.6 Å². The Morgan fingerprint density at radius 1 is 1.33 bits per heavy atom. The molecule has 0 aromatic carbocycles. The van der Waals surface area contributed by atoms with Gasteiger partial charge in [-0.3, -0.25) is 4.79 Å². The number of rotatable bonds is 3. The maximum Gasteiger partial charge on any atom is 0.309 e. The zero-order valence-electron chi connectivity index (χ0n) is 9.06. The standard InChI is InChI=1S/C12H18O3/c1-6-4-8(6)10-5-9(12(13)14)11(15-10)7-2-3-7/h6-11H,2-5H2,1H3,(H,13,14). The average Bonchev–Trinajstić information content (AvgIpc) is 3.08. The zero-order chi connectivity index (χ0) is 10.6. The molecule has 3 heteroatoms. The number of aliphatic carboxylic acids is 1. The van der Waals surface area contributed by atoms with Gasteiger partial charge in [-0.05, 0) is 43.4 Å². The van der Waals surface area contributed by atoms with Gasteiger partial charge in [0.2, 0.25) is 0 Å². The van der Waals surface area contributed by atoms with Crippen LogP contribution in [0.15, 0.2) is 0 Å². The molecule has 0 spiro atoms. The molecule has 1 aliphatic heterocycles. The van der Waals surface area contributed by atoms with Gasteiger partial charge in [0.15, 0.2) is 0 Å². The maximum absolute atomic E-state index is 11.1. The minimum absolute atomic E-state index is 0.0281. The topological polar surface area (TPSA) is 46.5 Å². The third-order valence-electron chi connectivity index (χ3n) is 4.27. The van der Waals surface area contributed by atoms with Crippen molar-refractivity contribution in [2.75, 3.05) is 0 Å². The predicted molar refractivity (Wildman–Crippen MR) is 54.4 cm³/mol. The second-order valence-corrected chi connectivity index (χ2v) is 5.53. The molecule has 2 saturated carbocycles. The van der Waals surface area contributed by atoms with Gasteiger partial charge < -0.3 is 9.84 Å². The molecule has 3 rings (SSSR count). The monoisotopic (exact) mass is 210 g/mol. The van der Waals surface area contributed by atoms with Gasteiger partial charge in [-0.25, -0.2) is 0 Å². The van der Waals surface area contributed by atoms with Gasteiger partial charge in [0.1, 0.15) is 0 Å². The Bertz CT molecular complexity index is 285. The summed E-state index contributed by atoms with van der Waals surface area (Å²) in [6.07, 6.45) is 4.59. The lowest BCUT2D eigenvalue weighted by Gasteiger charge is -2.14. The van der Waals surface area contributed by atoms with Crippen LogP contribution in [0.2, 0.25) is 0 Å². The summed E-state index contributed by atoms with van der Waals surface area (Å²) < 4.78 is 5.97. The SMILES string of the molecule is CC1CC1C1CC(C(=O)O)C(C2CC2)O1. The van der Waals surface area contributed by atoms with E-state index in [-0.39, 0.29) is 18.1 Å². The molecule has 0 radical (unpaired) electrons. The van der Waals surface area contributed by atoms with Crippen molar-refractivity contribution >= 4 is 5.97 Å². The summed E-state index contributed by atoms with van der Waals surface area (Å²) in [4.78, 5) is 11.1. The van der Waals surface area contributed by atoms with Gasteiger partial charge in [-0.15, -0.1) is 0 Å². The van der Waals surface area contributed by atoms with E-state index >= 15 is 0 Å². The Morgan fingerprint density at radius 2 is 2.00 bits per heavy atom. The van der Waals surface area contributed by atoms with Gasteiger partial charge in [-0.2, -0.15) is 0 Å².